The van der Waals surface area contributed by atoms with Crippen molar-refractivity contribution in [2.24, 2.45) is 0 Å². The highest BCUT2D eigenvalue weighted by Crippen LogP contribution is 2.31. The minimum Gasteiger partial charge on any atom is -0.490 e. The van der Waals surface area contributed by atoms with Crippen LogP contribution in [-0.4, -0.2) is 23.2 Å². The zero-order valence-corrected chi connectivity index (χ0v) is 10.7. The fourth-order valence-corrected chi connectivity index (χ4v) is 2.06. The van der Waals surface area contributed by atoms with Crippen molar-refractivity contribution in [3.05, 3.63) is 48.2 Å². The Morgan fingerprint density at radius 1 is 1.20 bits per heavy atom. The Bertz CT molecular complexity index is 786. The van der Waals surface area contributed by atoms with E-state index in [0.717, 1.165) is 10.8 Å². The summed E-state index contributed by atoms with van der Waals surface area (Å²) in [5.74, 6) is -1.35. The fraction of sp³-hybridized carbons (Fsp3) is 0.0667. The number of hydrogen-bond donors (Lipinski definition) is 1. The van der Waals surface area contributed by atoms with E-state index < -0.39 is 11.8 Å². The van der Waals surface area contributed by atoms with E-state index in [1.165, 1.54) is 7.11 Å². The molecule has 3 rings (SSSR count). The van der Waals surface area contributed by atoms with Gasteiger partial charge in [0.1, 0.15) is 0 Å². The smallest absolute Gasteiger partial charge is 0.379 e. The molecule has 20 heavy (non-hydrogen) atoms. The van der Waals surface area contributed by atoms with Crippen molar-refractivity contribution in [1.29, 1.82) is 0 Å². The van der Waals surface area contributed by atoms with E-state index >= 15 is 0 Å². The highest BCUT2D eigenvalue weighted by atomic mass is 16.5. The molecule has 100 valence electrons. The quantitative estimate of drug-likeness (QED) is 0.724. The largest absolute Gasteiger partial charge is 0.490 e. The third-order valence-corrected chi connectivity index (χ3v) is 3.00. The minimum absolute atomic E-state index is 0.180. The third kappa shape index (κ3) is 1.89. The normalized spacial score (nSPS) is 10.7. The van der Waals surface area contributed by atoms with E-state index in [-0.39, 0.29) is 11.7 Å². The van der Waals surface area contributed by atoms with Gasteiger partial charge in [-0.25, -0.2) is 4.79 Å². The number of carbonyl (C=O) groups is 1. The van der Waals surface area contributed by atoms with Gasteiger partial charge < -0.3 is 14.3 Å². The first kappa shape index (κ1) is 12.2. The number of hydrogen-bond acceptors (Lipinski definition) is 5. The third-order valence-electron chi connectivity index (χ3n) is 3.00. The summed E-state index contributed by atoms with van der Waals surface area (Å²) >= 11 is 0. The summed E-state index contributed by atoms with van der Waals surface area (Å²) in [6.07, 6.45) is 0. The van der Waals surface area contributed by atoms with Crippen molar-refractivity contribution in [2.45, 2.75) is 0 Å². The van der Waals surface area contributed by atoms with Crippen molar-refractivity contribution >= 4 is 16.7 Å². The number of carbonyl (C=O) groups excluding carboxylic acids is 1. The molecule has 2 aromatic carbocycles. The Hall–Kier alpha value is -2.82. The van der Waals surface area contributed by atoms with Crippen LogP contribution in [0, 0.1) is 0 Å². The molecule has 1 N–H and O–H groups in total. The summed E-state index contributed by atoms with van der Waals surface area (Å²) < 4.78 is 9.85. The molecule has 0 radical (unpaired) electrons. The number of aromatic hydroxyl groups is 1. The minimum atomic E-state index is -0.763. The second-order valence-electron chi connectivity index (χ2n) is 4.19. The van der Waals surface area contributed by atoms with Crippen molar-refractivity contribution < 1.29 is 19.1 Å². The predicted molar refractivity (Wildman–Crippen MR) is 72.4 cm³/mol. The lowest BCUT2D eigenvalue weighted by Gasteiger charge is -2.02. The van der Waals surface area contributed by atoms with Crippen molar-refractivity contribution in [3.63, 3.8) is 0 Å². The number of methoxy groups -OCH3 is 1. The van der Waals surface area contributed by atoms with Gasteiger partial charge in [-0.15, -0.1) is 0 Å². The highest BCUT2D eigenvalue weighted by Gasteiger charge is 2.22. The number of ether oxygens (including phenoxy) is 1. The van der Waals surface area contributed by atoms with Crippen LogP contribution < -0.4 is 0 Å². The van der Waals surface area contributed by atoms with Crippen LogP contribution in [0.1, 0.15) is 10.6 Å². The molecule has 0 bridgehead atoms. The molecule has 0 aliphatic rings. The fourth-order valence-electron chi connectivity index (χ4n) is 2.06. The van der Waals surface area contributed by atoms with Gasteiger partial charge >= 0.3 is 5.97 Å². The van der Waals surface area contributed by atoms with E-state index in [9.17, 15) is 9.90 Å². The summed E-state index contributed by atoms with van der Waals surface area (Å²) in [5.41, 5.74) is 0.702. The van der Waals surface area contributed by atoms with Gasteiger partial charge in [0, 0.05) is 5.56 Å². The summed E-state index contributed by atoms with van der Waals surface area (Å²) in [6, 6.07) is 13.3. The summed E-state index contributed by atoms with van der Waals surface area (Å²) in [4.78, 5) is 15.3. The number of oxazole rings is 1. The zero-order valence-electron chi connectivity index (χ0n) is 10.7. The lowest BCUT2D eigenvalue weighted by Crippen LogP contribution is -1.99. The van der Waals surface area contributed by atoms with E-state index in [2.05, 4.69) is 9.72 Å². The summed E-state index contributed by atoms with van der Waals surface area (Å²) in [6.45, 7) is 0. The number of rotatable bonds is 2. The molecule has 5 heteroatoms. The second kappa shape index (κ2) is 4.70. The Morgan fingerprint density at radius 2 is 1.95 bits per heavy atom. The molecule has 0 unspecified atom stereocenters. The van der Waals surface area contributed by atoms with E-state index in [1.807, 2.05) is 42.5 Å². The molecule has 0 aliphatic heterocycles. The lowest BCUT2D eigenvalue weighted by molar-refractivity contribution is 0.0561. The van der Waals surface area contributed by atoms with Gasteiger partial charge in [0.15, 0.2) is 0 Å². The van der Waals surface area contributed by atoms with E-state index in [1.54, 1.807) is 0 Å². The molecule has 1 aromatic heterocycles. The highest BCUT2D eigenvalue weighted by molar-refractivity contribution is 5.95. The summed E-state index contributed by atoms with van der Waals surface area (Å²) in [5, 5.41) is 11.6. The van der Waals surface area contributed by atoms with Crippen molar-refractivity contribution in [1.82, 2.24) is 4.98 Å². The number of nitrogens with zero attached hydrogens (tertiary/aromatic N) is 1. The molecule has 0 aliphatic carbocycles. The molecule has 0 fully saturated rings. The number of benzene rings is 2. The molecule has 0 atom stereocenters. The Labute approximate surface area is 114 Å². The van der Waals surface area contributed by atoms with Crippen LogP contribution in [-0.2, 0) is 4.74 Å². The summed E-state index contributed by atoms with van der Waals surface area (Å²) in [7, 11) is 1.21. The molecular formula is C15H11NO4. The van der Waals surface area contributed by atoms with Crippen LogP contribution in [0.5, 0.6) is 5.88 Å². The lowest BCUT2D eigenvalue weighted by atomic mass is 10.0. The molecule has 0 saturated heterocycles. The predicted octanol–water partition coefficient (Wildman–Crippen LogP) is 2.99. The first-order chi connectivity index (χ1) is 9.70. The molecule has 3 aromatic rings. The number of aromatic nitrogens is 1. The Morgan fingerprint density at radius 3 is 2.75 bits per heavy atom. The molecule has 5 nitrogen and oxygen atoms in total. The topological polar surface area (TPSA) is 72.6 Å². The van der Waals surface area contributed by atoms with Gasteiger partial charge in [-0.1, -0.05) is 36.4 Å². The van der Waals surface area contributed by atoms with Crippen LogP contribution >= 0.6 is 0 Å². The number of fused-ring (bicyclic) bond motifs is 1. The van der Waals surface area contributed by atoms with Gasteiger partial charge in [-0.2, -0.15) is 4.98 Å². The Balaban J connectivity index is 2.19. The van der Waals surface area contributed by atoms with Gasteiger partial charge in [0.05, 0.1) is 7.11 Å². The maximum atomic E-state index is 11.4. The molecule has 1 heterocycles. The molecule has 0 saturated carbocycles. The van der Waals surface area contributed by atoms with Crippen molar-refractivity contribution in [2.75, 3.05) is 7.11 Å². The van der Waals surface area contributed by atoms with E-state index in [4.69, 9.17) is 4.42 Å². The second-order valence-corrected chi connectivity index (χ2v) is 4.19. The SMILES string of the molecule is COC(=O)c1oc(-c2cccc3ccccc23)nc1O. The molecule has 0 spiro atoms. The van der Waals surface area contributed by atoms with Crippen LogP contribution in [0.2, 0.25) is 0 Å². The van der Waals surface area contributed by atoms with Crippen LogP contribution in [0.4, 0.5) is 0 Å². The van der Waals surface area contributed by atoms with Crippen LogP contribution in [0.15, 0.2) is 46.9 Å². The standard InChI is InChI=1S/C15H11NO4/c1-19-15(18)12-13(17)16-14(20-12)11-8-4-6-9-5-2-3-7-10(9)11/h2-8,17H,1H3. The van der Waals surface area contributed by atoms with E-state index in [0.29, 0.717) is 5.56 Å². The monoisotopic (exact) mass is 269 g/mol. The average Bonchev–Trinajstić information content (AvgIpc) is 2.87. The van der Waals surface area contributed by atoms with Gasteiger partial charge in [0.25, 0.3) is 11.6 Å². The maximum absolute atomic E-state index is 11.4. The maximum Gasteiger partial charge on any atom is 0.379 e. The average molecular weight is 269 g/mol. The first-order valence-corrected chi connectivity index (χ1v) is 5.97. The Kier molecular flexibility index (Phi) is 2.87. The first-order valence-electron chi connectivity index (χ1n) is 5.97. The van der Waals surface area contributed by atoms with Gasteiger partial charge in [0.2, 0.25) is 5.89 Å². The van der Waals surface area contributed by atoms with Crippen molar-refractivity contribution in [3.8, 4) is 17.3 Å². The van der Waals surface area contributed by atoms with Crippen LogP contribution in [0.25, 0.3) is 22.2 Å². The van der Waals surface area contributed by atoms with Gasteiger partial charge in [-0.3, -0.25) is 0 Å². The number of esters is 1. The van der Waals surface area contributed by atoms with Crippen LogP contribution in [0.3, 0.4) is 0 Å². The zero-order chi connectivity index (χ0) is 14.1. The van der Waals surface area contributed by atoms with Gasteiger partial charge in [-0.05, 0) is 16.8 Å². The molecule has 0 amide bonds. The molecular weight excluding hydrogens is 258 g/mol.